The number of rotatable bonds is 4. The van der Waals surface area contributed by atoms with Crippen LogP contribution in [-0.4, -0.2) is 13.2 Å². The van der Waals surface area contributed by atoms with Gasteiger partial charge < -0.3 is 10.1 Å². The maximum Gasteiger partial charge on any atom is 0.127 e. The molecule has 1 aromatic rings. The summed E-state index contributed by atoms with van der Waals surface area (Å²) in [6.45, 7) is 2.94. The molecule has 1 saturated carbocycles. The molecular formula is C15H22FNO. The van der Waals surface area contributed by atoms with Crippen LogP contribution in [-0.2, 0) is 6.54 Å². The van der Waals surface area contributed by atoms with Crippen LogP contribution < -0.4 is 10.1 Å². The Bertz CT molecular complexity index is 386. The number of nitrogens with one attached hydrogen (secondary N) is 1. The molecule has 18 heavy (non-hydrogen) atoms. The molecule has 2 nitrogen and oxygen atoms in total. The van der Waals surface area contributed by atoms with Gasteiger partial charge in [0.2, 0.25) is 0 Å². The van der Waals surface area contributed by atoms with Crippen LogP contribution in [0.15, 0.2) is 18.2 Å². The standard InChI is InChI=1S/C15H22FNO/c1-11-3-5-14(6-4-11)18-15-8-12(10-17-2)7-13(16)9-15/h7-9,11,14,17H,3-6,10H2,1-2H3. The van der Waals surface area contributed by atoms with Crippen molar-refractivity contribution in [1.29, 1.82) is 0 Å². The normalized spacial score (nSPS) is 23.9. The molecule has 1 aliphatic rings. The summed E-state index contributed by atoms with van der Waals surface area (Å²) in [5.74, 6) is 1.25. The summed E-state index contributed by atoms with van der Waals surface area (Å²) in [5.41, 5.74) is 0.927. The van der Waals surface area contributed by atoms with E-state index >= 15 is 0 Å². The van der Waals surface area contributed by atoms with Crippen molar-refractivity contribution >= 4 is 0 Å². The molecular weight excluding hydrogens is 229 g/mol. The van der Waals surface area contributed by atoms with E-state index in [1.807, 2.05) is 13.1 Å². The molecule has 1 aliphatic carbocycles. The molecule has 0 bridgehead atoms. The lowest BCUT2D eigenvalue weighted by Crippen LogP contribution is -2.23. The molecule has 0 aliphatic heterocycles. The molecule has 3 heteroatoms. The van der Waals surface area contributed by atoms with E-state index in [9.17, 15) is 4.39 Å². The summed E-state index contributed by atoms with van der Waals surface area (Å²) in [5, 5.41) is 3.03. The van der Waals surface area contributed by atoms with Crippen LogP contribution in [0.4, 0.5) is 4.39 Å². The van der Waals surface area contributed by atoms with Gasteiger partial charge in [-0.05, 0) is 56.3 Å². The summed E-state index contributed by atoms with van der Waals surface area (Å²) in [4.78, 5) is 0. The second-order valence-electron chi connectivity index (χ2n) is 5.33. The van der Waals surface area contributed by atoms with Crippen LogP contribution in [0.3, 0.4) is 0 Å². The smallest absolute Gasteiger partial charge is 0.127 e. The first-order valence-electron chi connectivity index (χ1n) is 6.78. The lowest BCUT2D eigenvalue weighted by Gasteiger charge is -2.27. The Hall–Kier alpha value is -1.09. The van der Waals surface area contributed by atoms with E-state index in [4.69, 9.17) is 4.74 Å². The van der Waals surface area contributed by atoms with Crippen LogP contribution in [0, 0.1) is 11.7 Å². The fraction of sp³-hybridized carbons (Fsp3) is 0.600. The molecule has 0 atom stereocenters. The third-order valence-corrected chi connectivity index (χ3v) is 3.58. The predicted octanol–water partition coefficient (Wildman–Crippen LogP) is 3.50. The second kappa shape index (κ2) is 6.19. The monoisotopic (exact) mass is 251 g/mol. The van der Waals surface area contributed by atoms with Crippen LogP contribution in [0.25, 0.3) is 0 Å². The first-order valence-corrected chi connectivity index (χ1v) is 6.78. The molecule has 0 saturated heterocycles. The second-order valence-corrected chi connectivity index (χ2v) is 5.33. The Morgan fingerprint density at radius 3 is 2.61 bits per heavy atom. The van der Waals surface area contributed by atoms with Gasteiger partial charge in [0, 0.05) is 12.6 Å². The maximum atomic E-state index is 13.5. The Morgan fingerprint density at radius 1 is 1.22 bits per heavy atom. The Balaban J connectivity index is 2.00. The van der Waals surface area contributed by atoms with Crippen molar-refractivity contribution < 1.29 is 9.13 Å². The maximum absolute atomic E-state index is 13.5. The zero-order chi connectivity index (χ0) is 13.0. The Kier molecular flexibility index (Phi) is 4.59. The molecule has 0 amide bonds. The molecule has 0 unspecified atom stereocenters. The van der Waals surface area contributed by atoms with Crippen LogP contribution in [0.2, 0.25) is 0 Å². The molecule has 0 radical (unpaired) electrons. The van der Waals surface area contributed by atoms with Gasteiger partial charge in [0.25, 0.3) is 0 Å². The largest absolute Gasteiger partial charge is 0.490 e. The van der Waals surface area contributed by atoms with Gasteiger partial charge in [0.1, 0.15) is 11.6 Å². The van der Waals surface area contributed by atoms with Gasteiger partial charge in [-0.2, -0.15) is 0 Å². The number of hydrogen-bond donors (Lipinski definition) is 1. The highest BCUT2D eigenvalue weighted by Crippen LogP contribution is 2.27. The minimum atomic E-state index is -0.220. The van der Waals surface area contributed by atoms with Gasteiger partial charge in [-0.15, -0.1) is 0 Å². The van der Waals surface area contributed by atoms with Crippen LogP contribution in [0.1, 0.15) is 38.2 Å². The molecule has 1 fully saturated rings. The van der Waals surface area contributed by atoms with E-state index in [1.165, 1.54) is 18.9 Å². The van der Waals surface area contributed by atoms with Crippen molar-refractivity contribution in [2.45, 2.75) is 45.3 Å². The quantitative estimate of drug-likeness (QED) is 0.884. The number of hydrogen-bond acceptors (Lipinski definition) is 2. The fourth-order valence-electron chi connectivity index (χ4n) is 2.53. The summed E-state index contributed by atoms with van der Waals surface area (Å²) >= 11 is 0. The molecule has 0 spiro atoms. The van der Waals surface area contributed by atoms with Crippen molar-refractivity contribution in [2.24, 2.45) is 5.92 Å². The highest BCUT2D eigenvalue weighted by molar-refractivity contribution is 5.29. The van der Waals surface area contributed by atoms with Gasteiger partial charge in [-0.3, -0.25) is 0 Å². The highest BCUT2D eigenvalue weighted by atomic mass is 19.1. The summed E-state index contributed by atoms with van der Waals surface area (Å²) in [6, 6.07) is 4.96. The van der Waals surface area contributed by atoms with Crippen molar-refractivity contribution in [2.75, 3.05) is 7.05 Å². The van der Waals surface area contributed by atoms with Gasteiger partial charge in [-0.25, -0.2) is 4.39 Å². The molecule has 0 heterocycles. The van der Waals surface area contributed by atoms with Gasteiger partial charge in [0.05, 0.1) is 6.10 Å². The molecule has 100 valence electrons. The van der Waals surface area contributed by atoms with Crippen molar-refractivity contribution in [3.8, 4) is 5.75 Å². The molecule has 0 aromatic heterocycles. The lowest BCUT2D eigenvalue weighted by atomic mass is 9.89. The number of benzene rings is 1. The van der Waals surface area contributed by atoms with Crippen molar-refractivity contribution in [1.82, 2.24) is 5.32 Å². The minimum absolute atomic E-state index is 0.220. The van der Waals surface area contributed by atoms with Crippen molar-refractivity contribution in [3.05, 3.63) is 29.6 Å². The zero-order valence-electron chi connectivity index (χ0n) is 11.2. The number of halogens is 1. The van der Waals surface area contributed by atoms with E-state index < -0.39 is 0 Å². The third kappa shape index (κ3) is 3.70. The SMILES string of the molecule is CNCc1cc(F)cc(OC2CCC(C)CC2)c1. The van der Waals surface area contributed by atoms with E-state index in [0.717, 1.165) is 24.3 Å². The molecule has 1 aromatic carbocycles. The van der Waals surface area contributed by atoms with Gasteiger partial charge in [-0.1, -0.05) is 6.92 Å². The predicted molar refractivity (Wildman–Crippen MR) is 71.2 cm³/mol. The first-order chi connectivity index (χ1) is 8.67. The minimum Gasteiger partial charge on any atom is -0.490 e. The van der Waals surface area contributed by atoms with Crippen molar-refractivity contribution in [3.63, 3.8) is 0 Å². The fourth-order valence-corrected chi connectivity index (χ4v) is 2.53. The topological polar surface area (TPSA) is 21.3 Å². The van der Waals surface area contributed by atoms with E-state index in [0.29, 0.717) is 12.3 Å². The zero-order valence-corrected chi connectivity index (χ0v) is 11.2. The average molecular weight is 251 g/mol. The lowest BCUT2D eigenvalue weighted by molar-refractivity contribution is 0.135. The molecule has 1 N–H and O–H groups in total. The first kappa shape index (κ1) is 13.3. The van der Waals surface area contributed by atoms with E-state index in [1.54, 1.807) is 6.07 Å². The highest BCUT2D eigenvalue weighted by Gasteiger charge is 2.19. The Labute approximate surface area is 109 Å². The summed E-state index contributed by atoms with van der Waals surface area (Å²) < 4.78 is 19.4. The van der Waals surface area contributed by atoms with Gasteiger partial charge >= 0.3 is 0 Å². The van der Waals surface area contributed by atoms with Crippen LogP contribution >= 0.6 is 0 Å². The summed E-state index contributed by atoms with van der Waals surface area (Å²) in [7, 11) is 1.86. The van der Waals surface area contributed by atoms with Gasteiger partial charge in [0.15, 0.2) is 0 Å². The average Bonchev–Trinajstić information content (AvgIpc) is 2.32. The summed E-state index contributed by atoms with van der Waals surface area (Å²) in [6.07, 6.45) is 4.84. The molecule has 2 rings (SSSR count). The van der Waals surface area contributed by atoms with E-state index in [2.05, 4.69) is 12.2 Å². The van der Waals surface area contributed by atoms with E-state index in [-0.39, 0.29) is 11.9 Å². The third-order valence-electron chi connectivity index (χ3n) is 3.58. The van der Waals surface area contributed by atoms with Crippen LogP contribution in [0.5, 0.6) is 5.75 Å². The number of ether oxygens (including phenoxy) is 1. The Morgan fingerprint density at radius 2 is 1.94 bits per heavy atom.